The molecule has 1 rings (SSSR count). The molecule has 0 fully saturated rings. The van der Waals surface area contributed by atoms with Gasteiger partial charge in [0.1, 0.15) is 18.1 Å². The molecule has 0 saturated heterocycles. The van der Waals surface area contributed by atoms with Crippen molar-refractivity contribution < 1.29 is 22.3 Å². The van der Waals surface area contributed by atoms with E-state index in [0.717, 1.165) is 0 Å². The molecule has 0 aromatic carbocycles. The maximum Gasteiger partial charge on any atom is 0.389 e. The summed E-state index contributed by atoms with van der Waals surface area (Å²) in [4.78, 5) is 0. The van der Waals surface area contributed by atoms with Gasteiger partial charge in [0, 0.05) is 13.5 Å². The zero-order valence-electron chi connectivity index (χ0n) is 8.88. The minimum atomic E-state index is -4.18. The third-order valence-corrected chi connectivity index (χ3v) is 2.07. The Morgan fingerprint density at radius 1 is 1.44 bits per heavy atom. The average Bonchev–Trinajstić information content (AvgIpc) is 2.62. The van der Waals surface area contributed by atoms with E-state index < -0.39 is 18.6 Å². The number of methoxy groups -OCH3 is 1. The molecule has 0 aliphatic rings. The maximum absolute atomic E-state index is 12.0. The molecule has 0 radical (unpaired) electrons. The van der Waals surface area contributed by atoms with Gasteiger partial charge in [-0.1, -0.05) is 0 Å². The van der Waals surface area contributed by atoms with Gasteiger partial charge < -0.3 is 14.9 Å². The normalized spacial score (nSPS) is 14.1. The van der Waals surface area contributed by atoms with Gasteiger partial charge in [-0.2, -0.15) is 13.2 Å². The zero-order valence-corrected chi connectivity index (χ0v) is 8.88. The minimum absolute atomic E-state index is 0.177. The molecule has 92 valence electrons. The highest BCUT2D eigenvalue weighted by Gasteiger charge is 2.28. The van der Waals surface area contributed by atoms with E-state index in [-0.39, 0.29) is 13.0 Å². The van der Waals surface area contributed by atoms with Gasteiger partial charge in [-0.3, -0.25) is 0 Å². The lowest BCUT2D eigenvalue weighted by atomic mass is 10.1. The number of halogens is 3. The Bertz CT molecular complexity index is 322. The first-order valence-corrected chi connectivity index (χ1v) is 4.82. The van der Waals surface area contributed by atoms with E-state index in [2.05, 4.69) is 0 Å². The van der Waals surface area contributed by atoms with Crippen molar-refractivity contribution in [1.29, 1.82) is 0 Å². The van der Waals surface area contributed by atoms with Crippen molar-refractivity contribution in [3.63, 3.8) is 0 Å². The predicted octanol–water partition coefficient (Wildman–Crippen LogP) is 2.77. The van der Waals surface area contributed by atoms with Gasteiger partial charge >= 0.3 is 6.18 Å². The standard InChI is InChI=1S/C10H14F3NO2/c1-15-6-7-2-3-9(16-7)8(14)4-5-10(11,12)13/h2-3,8H,4-6,14H2,1H3. The van der Waals surface area contributed by atoms with Crippen LogP contribution in [0.3, 0.4) is 0 Å². The first-order valence-electron chi connectivity index (χ1n) is 4.82. The molecule has 0 saturated carbocycles. The molecule has 0 amide bonds. The molecule has 1 aromatic heterocycles. The summed E-state index contributed by atoms with van der Waals surface area (Å²) in [6, 6.07) is 2.49. The number of furan rings is 1. The van der Waals surface area contributed by atoms with Gasteiger partial charge in [-0.05, 0) is 18.6 Å². The van der Waals surface area contributed by atoms with Gasteiger partial charge in [-0.25, -0.2) is 0 Å². The summed E-state index contributed by atoms with van der Waals surface area (Å²) in [5.74, 6) is 0.913. The number of hydrogen-bond donors (Lipinski definition) is 1. The van der Waals surface area contributed by atoms with Crippen molar-refractivity contribution in [2.24, 2.45) is 5.73 Å². The third-order valence-electron chi connectivity index (χ3n) is 2.07. The smallest absolute Gasteiger partial charge is 0.389 e. The van der Waals surface area contributed by atoms with Crippen molar-refractivity contribution in [3.8, 4) is 0 Å². The Morgan fingerprint density at radius 2 is 2.12 bits per heavy atom. The number of nitrogens with two attached hydrogens (primary N) is 1. The average molecular weight is 237 g/mol. The van der Waals surface area contributed by atoms with E-state index in [4.69, 9.17) is 14.9 Å². The summed E-state index contributed by atoms with van der Waals surface area (Å²) in [6.07, 6.45) is -5.27. The molecule has 3 nitrogen and oxygen atoms in total. The summed E-state index contributed by atoms with van der Waals surface area (Å²) >= 11 is 0. The molecule has 1 atom stereocenters. The lowest BCUT2D eigenvalue weighted by Crippen LogP contribution is -2.15. The first-order chi connectivity index (χ1) is 7.42. The fraction of sp³-hybridized carbons (Fsp3) is 0.600. The van der Waals surface area contributed by atoms with Crippen LogP contribution in [0.4, 0.5) is 13.2 Å². The molecule has 0 aliphatic carbocycles. The molecule has 1 heterocycles. The van der Waals surface area contributed by atoms with Crippen LogP contribution < -0.4 is 5.73 Å². The number of alkyl halides is 3. The van der Waals surface area contributed by atoms with E-state index in [1.54, 1.807) is 12.1 Å². The summed E-state index contributed by atoms with van der Waals surface area (Å²) in [5.41, 5.74) is 5.58. The molecular weight excluding hydrogens is 223 g/mol. The van der Waals surface area contributed by atoms with E-state index in [9.17, 15) is 13.2 Å². The van der Waals surface area contributed by atoms with E-state index in [1.807, 2.05) is 0 Å². The summed E-state index contributed by atoms with van der Waals surface area (Å²) < 4.78 is 45.9. The predicted molar refractivity (Wildman–Crippen MR) is 51.6 cm³/mol. The highest BCUT2D eigenvalue weighted by molar-refractivity contribution is 5.09. The Balaban J connectivity index is 2.49. The fourth-order valence-electron chi connectivity index (χ4n) is 1.28. The van der Waals surface area contributed by atoms with Gasteiger partial charge in [-0.15, -0.1) is 0 Å². The van der Waals surface area contributed by atoms with Crippen LogP contribution in [0, 0.1) is 0 Å². The summed E-state index contributed by atoms with van der Waals surface area (Å²) in [7, 11) is 1.51. The lowest BCUT2D eigenvalue weighted by molar-refractivity contribution is -0.136. The number of rotatable bonds is 5. The quantitative estimate of drug-likeness (QED) is 0.856. The molecule has 0 aliphatic heterocycles. The molecule has 1 aromatic rings. The van der Waals surface area contributed by atoms with Crippen molar-refractivity contribution in [1.82, 2.24) is 0 Å². The van der Waals surface area contributed by atoms with Crippen molar-refractivity contribution in [3.05, 3.63) is 23.7 Å². The van der Waals surface area contributed by atoms with Crippen LogP contribution in [-0.4, -0.2) is 13.3 Å². The first kappa shape index (κ1) is 13.1. The molecule has 0 bridgehead atoms. The van der Waals surface area contributed by atoms with Gasteiger partial charge in [0.05, 0.1) is 6.04 Å². The Hall–Kier alpha value is -1.01. The Morgan fingerprint density at radius 3 is 2.69 bits per heavy atom. The lowest BCUT2D eigenvalue weighted by Gasteiger charge is -2.10. The molecular formula is C10H14F3NO2. The van der Waals surface area contributed by atoms with E-state index in [1.165, 1.54) is 7.11 Å². The zero-order chi connectivity index (χ0) is 12.2. The topological polar surface area (TPSA) is 48.4 Å². The van der Waals surface area contributed by atoms with Crippen molar-refractivity contribution in [2.45, 2.75) is 31.7 Å². The molecule has 16 heavy (non-hydrogen) atoms. The largest absolute Gasteiger partial charge is 0.462 e. The van der Waals surface area contributed by atoms with Crippen LogP contribution in [0.5, 0.6) is 0 Å². The van der Waals surface area contributed by atoms with Crippen LogP contribution in [-0.2, 0) is 11.3 Å². The molecule has 6 heteroatoms. The van der Waals surface area contributed by atoms with Gasteiger partial charge in [0.15, 0.2) is 0 Å². The Labute approximate surface area is 91.4 Å². The fourth-order valence-corrected chi connectivity index (χ4v) is 1.28. The minimum Gasteiger partial charge on any atom is -0.462 e. The molecule has 1 unspecified atom stereocenters. The maximum atomic E-state index is 12.0. The number of ether oxygens (including phenoxy) is 1. The summed E-state index contributed by atoms with van der Waals surface area (Å²) in [6.45, 7) is 0.284. The van der Waals surface area contributed by atoms with E-state index >= 15 is 0 Å². The van der Waals surface area contributed by atoms with Gasteiger partial charge in [0.25, 0.3) is 0 Å². The second kappa shape index (κ2) is 5.36. The molecule has 2 N–H and O–H groups in total. The second-order valence-corrected chi connectivity index (χ2v) is 3.50. The van der Waals surface area contributed by atoms with Crippen LogP contribution in [0.1, 0.15) is 30.4 Å². The van der Waals surface area contributed by atoms with Crippen LogP contribution in [0.2, 0.25) is 0 Å². The van der Waals surface area contributed by atoms with Crippen LogP contribution in [0.15, 0.2) is 16.5 Å². The summed E-state index contributed by atoms with van der Waals surface area (Å²) in [5, 5.41) is 0. The SMILES string of the molecule is COCc1ccc(C(N)CCC(F)(F)F)o1. The van der Waals surface area contributed by atoms with Gasteiger partial charge in [0.2, 0.25) is 0 Å². The van der Waals surface area contributed by atoms with Crippen LogP contribution >= 0.6 is 0 Å². The highest BCUT2D eigenvalue weighted by Crippen LogP contribution is 2.27. The third kappa shape index (κ3) is 4.24. The van der Waals surface area contributed by atoms with Crippen molar-refractivity contribution in [2.75, 3.05) is 7.11 Å². The van der Waals surface area contributed by atoms with Crippen LogP contribution in [0.25, 0.3) is 0 Å². The monoisotopic (exact) mass is 237 g/mol. The van der Waals surface area contributed by atoms with E-state index in [0.29, 0.717) is 11.5 Å². The highest BCUT2D eigenvalue weighted by atomic mass is 19.4. The molecule has 0 spiro atoms. The Kier molecular flexibility index (Phi) is 4.37. The second-order valence-electron chi connectivity index (χ2n) is 3.50. The number of hydrogen-bond acceptors (Lipinski definition) is 3. The van der Waals surface area contributed by atoms with Crippen molar-refractivity contribution >= 4 is 0 Å².